The molecule has 384 valence electrons. The Hall–Kier alpha value is -2.07. The van der Waals surface area contributed by atoms with E-state index in [1.165, 1.54) is 0 Å². The van der Waals surface area contributed by atoms with Crippen molar-refractivity contribution in [2.24, 2.45) is 0 Å². The first-order valence-electron chi connectivity index (χ1n) is 22.3. The van der Waals surface area contributed by atoms with Gasteiger partial charge < -0.3 is 72.8 Å². The zero-order valence-corrected chi connectivity index (χ0v) is 39.2. The number of hydrogen-bond donors (Lipinski definition) is 3. The Morgan fingerprint density at radius 1 is 0.355 bits per heavy atom. The molecule has 3 amide bonds. The van der Waals surface area contributed by atoms with Crippen molar-refractivity contribution < 1.29 is 75.5 Å². The molecule has 0 bridgehead atoms. The highest BCUT2D eigenvalue weighted by molar-refractivity contribution is 5.76. The lowest BCUT2D eigenvalue weighted by Crippen LogP contribution is -2.42. The van der Waals surface area contributed by atoms with Gasteiger partial charge in [0, 0.05) is 56.5 Å². The number of rotatable bonds is 44. The van der Waals surface area contributed by atoms with E-state index in [-0.39, 0.29) is 89.2 Å². The third kappa shape index (κ3) is 64.6. The first-order chi connectivity index (χ1) is 29.5. The first kappa shape index (κ1) is 71.6. The molecule has 0 spiro atoms. The number of nitrogens with one attached hydrogen (secondary N) is 3. The van der Waals surface area contributed by atoms with E-state index in [1.54, 1.807) is 0 Å². The third-order valence-corrected chi connectivity index (χ3v) is 6.78. The third-order valence-electron chi connectivity index (χ3n) is 6.78. The minimum atomic E-state index is -0.497. The largest absolute Gasteiger partial charge is 0.379 e. The van der Waals surface area contributed by atoms with E-state index in [0.29, 0.717) is 139 Å². The van der Waals surface area contributed by atoms with Gasteiger partial charge in [0.25, 0.3) is 0 Å². The highest BCUT2D eigenvalue weighted by Gasteiger charge is 2.14. The molecule has 0 unspecified atom stereocenters. The van der Waals surface area contributed by atoms with E-state index in [0.717, 1.165) is 0 Å². The van der Waals surface area contributed by atoms with Crippen LogP contribution >= 0.6 is 0 Å². The molecule has 0 saturated carbocycles. The van der Waals surface area contributed by atoms with Crippen molar-refractivity contribution in [3.8, 4) is 0 Å². The van der Waals surface area contributed by atoms with Gasteiger partial charge in [0.15, 0.2) is 0 Å². The van der Waals surface area contributed by atoms with E-state index < -0.39 is 6.04 Å². The molecule has 0 heterocycles. The van der Waals surface area contributed by atoms with Crippen molar-refractivity contribution >= 4 is 17.7 Å². The zero-order chi connectivity index (χ0) is 45.4. The van der Waals surface area contributed by atoms with Gasteiger partial charge >= 0.3 is 0 Å². The molecule has 0 radical (unpaired) electrons. The predicted molar refractivity (Wildman–Crippen MR) is 252 cm³/mol. The monoisotopic (exact) mass is 914 g/mol. The predicted octanol–water partition coefficient (Wildman–Crippen LogP) is 5.22. The molecule has 0 saturated heterocycles. The summed E-state index contributed by atoms with van der Waals surface area (Å²) in [6, 6.07) is -0.497. The average molecular weight is 914 g/mol. The van der Waals surface area contributed by atoms with Crippen LogP contribution in [-0.2, 0) is 71.2 Å². The normalized spacial score (nSPS) is 10.2. The summed E-state index contributed by atoms with van der Waals surface area (Å²) < 4.78 is 65.0. The molecule has 18 nitrogen and oxygen atoms in total. The van der Waals surface area contributed by atoms with Gasteiger partial charge in [0.1, 0.15) is 0 Å². The zero-order valence-electron chi connectivity index (χ0n) is 39.2. The average Bonchev–Trinajstić information content (AvgIpc) is 3.27. The van der Waals surface area contributed by atoms with Crippen LogP contribution in [0.1, 0.15) is 101 Å². The fourth-order valence-corrected chi connectivity index (χ4v) is 4.05. The van der Waals surface area contributed by atoms with Gasteiger partial charge in [-0.3, -0.25) is 14.4 Å². The highest BCUT2D eigenvalue weighted by atomic mass is 16.6. The van der Waals surface area contributed by atoms with E-state index in [1.807, 2.05) is 62.3 Å². The van der Waals surface area contributed by atoms with Crippen molar-refractivity contribution in [1.82, 2.24) is 16.0 Å². The Bertz CT molecular complexity index is 810. The van der Waals surface area contributed by atoms with Gasteiger partial charge in [-0.1, -0.05) is 56.4 Å². The minimum Gasteiger partial charge on any atom is -0.379 e. The van der Waals surface area contributed by atoms with E-state index in [4.69, 9.17) is 56.8 Å². The standard InChI is InChI=1S/C36H71N3O15.3C2H6.2CH4.3H2/c1-4-43-17-20-49-27-24-47-15-10-37-34(40)7-13-53-31-33(39-36(42)9-12-46-23-26-52-30-29-51-22-19-45-6-3)32-54-14-8-35(41)38-11-16-48-25-28-50-21-18-44-5-2;3*1-2;;;;;/h33H,4-32H2,1-3H3,(H,37,40)(H,38,41)(H,39,42);3*1-2H3;2*1H4;3*1H. The van der Waals surface area contributed by atoms with E-state index in [2.05, 4.69) is 16.0 Å². The summed E-state index contributed by atoms with van der Waals surface area (Å²) in [7, 11) is 0. The Kier molecular flexibility index (Phi) is 78.5. The maximum absolute atomic E-state index is 12.6. The number of ether oxygens (including phenoxy) is 12. The lowest BCUT2D eigenvalue weighted by atomic mass is 10.3. The van der Waals surface area contributed by atoms with Crippen LogP contribution in [0.25, 0.3) is 0 Å². The van der Waals surface area contributed by atoms with E-state index >= 15 is 0 Å². The maximum atomic E-state index is 12.6. The summed E-state index contributed by atoms with van der Waals surface area (Å²) in [5, 5.41) is 8.44. The van der Waals surface area contributed by atoms with Gasteiger partial charge in [-0.15, -0.1) is 0 Å². The SMILES string of the molecule is C.C.CC.CC.CC.CCOCCOCCOCCNC(=O)CCOCC(COCCC(=O)NCCOCCOCCOCC)NC(=O)CCOCCOCCOCCOCC.[HH].[HH].[HH]. The molecule has 3 N–H and O–H groups in total. The molecule has 0 atom stereocenters. The lowest BCUT2D eigenvalue weighted by molar-refractivity contribution is -0.126. The molecule has 0 fully saturated rings. The molecule has 0 aliphatic heterocycles. The highest BCUT2D eigenvalue weighted by Crippen LogP contribution is 1.96. The molecular weight excluding hydrogens is 810 g/mol. The van der Waals surface area contributed by atoms with Gasteiger partial charge in [-0.2, -0.15) is 0 Å². The van der Waals surface area contributed by atoms with Crippen molar-refractivity contribution in [3.05, 3.63) is 0 Å². The summed E-state index contributed by atoms with van der Waals surface area (Å²) in [5.74, 6) is -0.604. The van der Waals surface area contributed by atoms with Crippen LogP contribution in [0.2, 0.25) is 0 Å². The number of hydrogen-bond acceptors (Lipinski definition) is 15. The van der Waals surface area contributed by atoms with Crippen molar-refractivity contribution in [2.45, 2.75) is 102 Å². The number of amides is 3. The molecular formula is C44H103N3O15. The van der Waals surface area contributed by atoms with Crippen molar-refractivity contribution in [3.63, 3.8) is 0 Å². The van der Waals surface area contributed by atoms with Gasteiger partial charge in [0.05, 0.1) is 145 Å². The smallest absolute Gasteiger partial charge is 0.222 e. The number of carbonyl (C=O) groups is 3. The van der Waals surface area contributed by atoms with Crippen LogP contribution < -0.4 is 16.0 Å². The van der Waals surface area contributed by atoms with Gasteiger partial charge in [-0.25, -0.2) is 0 Å². The molecule has 0 aliphatic rings. The number of carbonyl (C=O) groups excluding carboxylic acids is 3. The molecule has 0 aliphatic carbocycles. The molecule has 0 aromatic heterocycles. The fraction of sp³-hybridized carbons (Fsp3) is 0.932. The molecule has 0 aromatic rings. The first-order valence-corrected chi connectivity index (χ1v) is 22.3. The summed E-state index contributed by atoms with van der Waals surface area (Å²) in [6.07, 6.45) is 0.412. The summed E-state index contributed by atoms with van der Waals surface area (Å²) in [5.41, 5.74) is 0. The molecule has 0 rings (SSSR count). The van der Waals surface area contributed by atoms with Crippen LogP contribution in [0, 0.1) is 0 Å². The van der Waals surface area contributed by atoms with Crippen LogP contribution in [0.5, 0.6) is 0 Å². The topological polar surface area (TPSA) is 198 Å². The van der Waals surface area contributed by atoms with Crippen molar-refractivity contribution in [2.75, 3.05) is 172 Å². The van der Waals surface area contributed by atoms with Crippen LogP contribution in [0.15, 0.2) is 0 Å². The Balaban J connectivity index is -0.000000389. The summed E-state index contributed by atoms with van der Waals surface area (Å²) in [6.45, 7) is 28.6. The second-order valence-electron chi connectivity index (χ2n) is 11.2. The minimum absolute atomic E-state index is 0. The molecule has 62 heavy (non-hydrogen) atoms. The quantitative estimate of drug-likeness (QED) is 0.0672. The Labute approximate surface area is 382 Å². The molecule has 0 aromatic carbocycles. The fourth-order valence-electron chi connectivity index (χ4n) is 4.05. The van der Waals surface area contributed by atoms with Crippen molar-refractivity contribution in [1.29, 1.82) is 0 Å². The summed E-state index contributed by atoms with van der Waals surface area (Å²) in [4.78, 5) is 37.0. The second kappa shape index (κ2) is 68.0. The van der Waals surface area contributed by atoms with Crippen LogP contribution in [-0.4, -0.2) is 195 Å². The lowest BCUT2D eigenvalue weighted by Gasteiger charge is -2.19. The maximum Gasteiger partial charge on any atom is 0.222 e. The second-order valence-corrected chi connectivity index (χ2v) is 11.2. The Morgan fingerprint density at radius 3 is 0.903 bits per heavy atom. The summed E-state index contributed by atoms with van der Waals surface area (Å²) >= 11 is 0. The van der Waals surface area contributed by atoms with Crippen LogP contribution in [0.4, 0.5) is 0 Å². The van der Waals surface area contributed by atoms with Gasteiger partial charge in [-0.05, 0) is 20.8 Å². The Morgan fingerprint density at radius 2 is 0.597 bits per heavy atom. The van der Waals surface area contributed by atoms with Gasteiger partial charge in [0.2, 0.25) is 17.7 Å². The van der Waals surface area contributed by atoms with E-state index in [9.17, 15) is 14.4 Å². The van der Waals surface area contributed by atoms with Crippen LogP contribution in [0.3, 0.4) is 0 Å². The molecule has 18 heteroatoms.